The number of nitrogens with zero attached hydrogens (tertiary/aromatic N) is 1. The van der Waals surface area contributed by atoms with Crippen LogP contribution >= 0.6 is 0 Å². The molecule has 0 aromatic rings. The Kier molecular flexibility index (Phi) is 9.40. The van der Waals surface area contributed by atoms with Crippen LogP contribution in [-0.2, 0) is 9.90 Å². The van der Waals surface area contributed by atoms with Crippen molar-refractivity contribution in [1.82, 2.24) is 10.2 Å². The molecule has 0 bridgehead atoms. The van der Waals surface area contributed by atoms with Gasteiger partial charge in [0, 0.05) is 26.2 Å². The van der Waals surface area contributed by atoms with E-state index >= 15 is 0 Å². The van der Waals surface area contributed by atoms with Crippen LogP contribution in [0.5, 0.6) is 0 Å². The van der Waals surface area contributed by atoms with Crippen molar-refractivity contribution in [2.45, 2.75) is 6.42 Å². The van der Waals surface area contributed by atoms with Gasteiger partial charge in [0.1, 0.15) is 0 Å². The van der Waals surface area contributed by atoms with Crippen LogP contribution in [0.25, 0.3) is 0 Å². The van der Waals surface area contributed by atoms with Crippen molar-refractivity contribution in [3.05, 3.63) is 0 Å². The molecule has 0 rings (SSSR count). The third-order valence-corrected chi connectivity index (χ3v) is 1.91. The molecule has 0 aliphatic carbocycles. The first-order chi connectivity index (χ1) is 7.24. The van der Waals surface area contributed by atoms with Gasteiger partial charge in [0.25, 0.3) is 0 Å². The van der Waals surface area contributed by atoms with Crippen LogP contribution in [0, 0.1) is 0 Å². The van der Waals surface area contributed by atoms with E-state index in [2.05, 4.69) is 5.32 Å². The molecule has 0 aliphatic heterocycles. The minimum Gasteiger partial charge on any atom is -0.395 e. The Bertz CT molecular complexity index is 160. The number of carbonyl (C=O) groups excluding carboxylic acids is 1. The zero-order valence-electron chi connectivity index (χ0n) is 8.81. The second kappa shape index (κ2) is 9.85. The van der Waals surface area contributed by atoms with Crippen molar-refractivity contribution in [1.29, 1.82) is 0 Å². The van der Waals surface area contributed by atoms with Gasteiger partial charge in [-0.15, -0.1) is 0 Å². The minimum atomic E-state index is -0.400. The van der Waals surface area contributed by atoms with Gasteiger partial charge in [0.05, 0.1) is 26.2 Å². The maximum absolute atomic E-state index is 10.9. The molecule has 15 heavy (non-hydrogen) atoms. The van der Waals surface area contributed by atoms with Crippen molar-refractivity contribution >= 4 is 5.91 Å². The summed E-state index contributed by atoms with van der Waals surface area (Å²) in [6, 6.07) is 0. The zero-order chi connectivity index (χ0) is 11.5. The molecule has 1 radical (unpaired) electrons. The predicted octanol–water partition coefficient (Wildman–Crippen LogP) is -1.79. The van der Waals surface area contributed by atoms with Gasteiger partial charge in [-0.1, -0.05) is 0 Å². The number of carbonyl (C=O) groups is 1. The average molecular weight is 219 g/mol. The van der Waals surface area contributed by atoms with Crippen LogP contribution in [-0.4, -0.2) is 67.0 Å². The van der Waals surface area contributed by atoms with E-state index in [0.717, 1.165) is 0 Å². The lowest BCUT2D eigenvalue weighted by Crippen LogP contribution is -2.37. The van der Waals surface area contributed by atoms with E-state index in [4.69, 9.17) is 10.2 Å². The van der Waals surface area contributed by atoms with Gasteiger partial charge in [-0.05, 0) is 0 Å². The van der Waals surface area contributed by atoms with Crippen molar-refractivity contribution in [3.63, 3.8) is 0 Å². The van der Waals surface area contributed by atoms with Crippen LogP contribution in [0.1, 0.15) is 6.42 Å². The number of nitrogens with one attached hydrogen (secondary N) is 1. The lowest BCUT2D eigenvalue weighted by Gasteiger charge is -2.19. The quantitative estimate of drug-likeness (QED) is 0.427. The summed E-state index contributed by atoms with van der Waals surface area (Å²) in [6.07, 6.45) is -0.000000000000000222. The second-order valence-corrected chi connectivity index (χ2v) is 3.09. The van der Waals surface area contributed by atoms with Gasteiger partial charge >= 0.3 is 0 Å². The smallest absolute Gasteiger partial charge is 0.222 e. The van der Waals surface area contributed by atoms with E-state index in [1.54, 1.807) is 0 Å². The molecule has 0 spiro atoms. The third-order valence-electron chi connectivity index (χ3n) is 1.91. The van der Waals surface area contributed by atoms with E-state index < -0.39 is 6.61 Å². The maximum atomic E-state index is 10.9. The molecule has 6 heteroatoms. The highest BCUT2D eigenvalue weighted by atomic mass is 16.3. The summed E-state index contributed by atoms with van der Waals surface area (Å²) >= 11 is 0. The van der Waals surface area contributed by atoms with Crippen molar-refractivity contribution in [2.75, 3.05) is 46.0 Å². The minimum absolute atomic E-state index is 0.000000000000000222. The molecule has 89 valence electrons. The Labute approximate surface area is 89.5 Å². The Morgan fingerprint density at radius 1 is 1.13 bits per heavy atom. The van der Waals surface area contributed by atoms with Crippen molar-refractivity contribution in [2.24, 2.45) is 0 Å². The van der Waals surface area contributed by atoms with Crippen LogP contribution in [0.3, 0.4) is 0 Å². The molecule has 3 N–H and O–H groups in total. The number of amides is 1. The van der Waals surface area contributed by atoms with Crippen LogP contribution in [0.2, 0.25) is 0 Å². The summed E-state index contributed by atoms with van der Waals surface area (Å²) in [5.74, 6) is -0.252. The summed E-state index contributed by atoms with van der Waals surface area (Å²) in [6.45, 7) is 1.58. The monoisotopic (exact) mass is 219 g/mol. The van der Waals surface area contributed by atoms with E-state index in [0.29, 0.717) is 26.2 Å². The van der Waals surface area contributed by atoms with Gasteiger partial charge in [-0.2, -0.15) is 0 Å². The number of aliphatic hydroxyl groups is 2. The van der Waals surface area contributed by atoms with E-state index in [1.165, 1.54) is 0 Å². The van der Waals surface area contributed by atoms with Gasteiger partial charge < -0.3 is 15.5 Å². The molecular formula is C9H19N2O4. The van der Waals surface area contributed by atoms with E-state index in [9.17, 15) is 9.90 Å². The van der Waals surface area contributed by atoms with Crippen molar-refractivity contribution < 1.29 is 20.1 Å². The first-order valence-electron chi connectivity index (χ1n) is 5.03. The number of hydrogen-bond donors (Lipinski definition) is 3. The van der Waals surface area contributed by atoms with Gasteiger partial charge in [0.15, 0.2) is 0 Å². The molecule has 0 aromatic heterocycles. The third kappa shape index (κ3) is 8.31. The highest BCUT2D eigenvalue weighted by Crippen LogP contribution is 1.86. The molecule has 0 saturated heterocycles. The zero-order valence-corrected chi connectivity index (χ0v) is 8.81. The second-order valence-electron chi connectivity index (χ2n) is 3.09. The molecule has 0 atom stereocenters. The van der Waals surface area contributed by atoms with Gasteiger partial charge in [-0.3, -0.25) is 9.69 Å². The SMILES string of the molecule is [O]CCC(=O)NCCN(CCO)CCO. The fourth-order valence-corrected chi connectivity index (χ4v) is 1.15. The molecule has 0 unspecified atom stereocenters. The van der Waals surface area contributed by atoms with Gasteiger partial charge in [0.2, 0.25) is 5.91 Å². The summed E-state index contributed by atoms with van der Waals surface area (Å²) in [7, 11) is 0. The van der Waals surface area contributed by atoms with Crippen LogP contribution < -0.4 is 5.32 Å². The van der Waals surface area contributed by atoms with Crippen LogP contribution in [0.15, 0.2) is 0 Å². The molecule has 0 saturated carbocycles. The Balaban J connectivity index is 3.55. The normalized spacial score (nSPS) is 10.7. The Hall–Kier alpha value is -0.690. The first kappa shape index (κ1) is 14.3. The molecule has 0 aromatic carbocycles. The van der Waals surface area contributed by atoms with Crippen LogP contribution in [0.4, 0.5) is 0 Å². The summed E-state index contributed by atoms with van der Waals surface area (Å²) in [5.41, 5.74) is 0. The number of hydrogen-bond acceptors (Lipinski definition) is 4. The standard InChI is InChI=1S/C9H19N2O4/c12-6-1-9(15)10-2-3-11(4-7-13)5-8-14/h13-14H,1-8H2,(H,10,15). The largest absolute Gasteiger partial charge is 0.395 e. The Morgan fingerprint density at radius 3 is 2.20 bits per heavy atom. The highest BCUT2D eigenvalue weighted by Gasteiger charge is 2.04. The fourth-order valence-electron chi connectivity index (χ4n) is 1.15. The number of rotatable bonds is 9. The summed E-state index contributed by atoms with van der Waals surface area (Å²) in [4.78, 5) is 12.7. The maximum Gasteiger partial charge on any atom is 0.222 e. The predicted molar refractivity (Wildman–Crippen MR) is 53.8 cm³/mol. The average Bonchev–Trinajstić information content (AvgIpc) is 2.19. The van der Waals surface area contributed by atoms with E-state index in [1.807, 2.05) is 4.90 Å². The molecule has 0 aliphatic rings. The summed E-state index contributed by atoms with van der Waals surface area (Å²) < 4.78 is 0. The van der Waals surface area contributed by atoms with Gasteiger partial charge in [-0.25, -0.2) is 5.11 Å². The fraction of sp³-hybridized carbons (Fsp3) is 0.889. The lowest BCUT2D eigenvalue weighted by atomic mass is 10.4. The lowest BCUT2D eigenvalue weighted by molar-refractivity contribution is -0.122. The molecule has 0 heterocycles. The summed E-state index contributed by atoms with van der Waals surface area (Å²) in [5, 5.41) is 30.1. The van der Waals surface area contributed by atoms with Crippen molar-refractivity contribution in [3.8, 4) is 0 Å². The molecule has 1 amide bonds. The highest BCUT2D eigenvalue weighted by molar-refractivity contribution is 5.75. The van der Waals surface area contributed by atoms with E-state index in [-0.39, 0.29) is 25.5 Å². The number of aliphatic hydroxyl groups excluding tert-OH is 2. The topological polar surface area (TPSA) is 92.7 Å². The molecular weight excluding hydrogens is 200 g/mol. The molecule has 0 fully saturated rings. The first-order valence-corrected chi connectivity index (χ1v) is 5.03. The Morgan fingerprint density at radius 2 is 1.73 bits per heavy atom. The molecule has 6 nitrogen and oxygen atoms in total.